The Labute approximate surface area is 241 Å². The summed E-state index contributed by atoms with van der Waals surface area (Å²) < 4.78 is 52.4. The van der Waals surface area contributed by atoms with Gasteiger partial charge in [-0.25, -0.2) is 13.2 Å². The second-order valence-corrected chi connectivity index (χ2v) is 10.8. The highest BCUT2D eigenvalue weighted by molar-refractivity contribution is 7.99. The monoisotopic (exact) mass is 596 g/mol. The van der Waals surface area contributed by atoms with Gasteiger partial charge < -0.3 is 30.3 Å². The number of benzene rings is 2. The number of aliphatic imine (C=N–C) groups is 1. The van der Waals surface area contributed by atoms with E-state index < -0.39 is 54.5 Å². The zero-order valence-electron chi connectivity index (χ0n) is 22.7. The second kappa shape index (κ2) is 14.9. The molecule has 0 aliphatic carbocycles. The van der Waals surface area contributed by atoms with Crippen LogP contribution in [0.25, 0.3) is 0 Å². The fourth-order valence-corrected chi connectivity index (χ4v) is 5.64. The van der Waals surface area contributed by atoms with Gasteiger partial charge in [0.05, 0.1) is 44.2 Å². The van der Waals surface area contributed by atoms with Crippen LogP contribution < -0.4 is 10.6 Å². The van der Waals surface area contributed by atoms with E-state index in [1.54, 1.807) is 11.8 Å². The van der Waals surface area contributed by atoms with Crippen LogP contribution in [0.5, 0.6) is 0 Å². The Balaban J connectivity index is 1.36. The molecule has 224 valence electrons. The van der Waals surface area contributed by atoms with Crippen LogP contribution in [-0.2, 0) is 9.47 Å². The number of halogens is 3. The normalized spacial score (nSPS) is 24.1. The first-order chi connectivity index (χ1) is 19.8. The summed E-state index contributed by atoms with van der Waals surface area (Å²) in [7, 11) is 1.87. The Hall–Kier alpha value is -2.75. The summed E-state index contributed by atoms with van der Waals surface area (Å²) >= 11 is 1.61. The summed E-state index contributed by atoms with van der Waals surface area (Å²) in [5.41, 5.74) is 1.74. The third-order valence-electron chi connectivity index (χ3n) is 6.91. The third kappa shape index (κ3) is 7.96. The van der Waals surface area contributed by atoms with Crippen molar-refractivity contribution in [3.05, 3.63) is 53.3 Å². The van der Waals surface area contributed by atoms with Gasteiger partial charge in [0.1, 0.15) is 18.2 Å². The van der Waals surface area contributed by atoms with Crippen molar-refractivity contribution in [1.82, 2.24) is 10.3 Å². The molecule has 0 saturated carbocycles. The number of nitrogens with zero attached hydrogens (tertiary/aromatic N) is 4. The van der Waals surface area contributed by atoms with Gasteiger partial charge in [-0.15, -0.1) is 11.8 Å². The molecule has 5 atom stereocenters. The van der Waals surface area contributed by atoms with Crippen molar-refractivity contribution < 1.29 is 32.9 Å². The van der Waals surface area contributed by atoms with E-state index in [0.717, 1.165) is 40.7 Å². The van der Waals surface area contributed by atoms with Crippen molar-refractivity contribution in [3.63, 3.8) is 0 Å². The minimum atomic E-state index is -1.54. The van der Waals surface area contributed by atoms with Gasteiger partial charge in [0, 0.05) is 29.4 Å². The molecule has 2 aromatic carbocycles. The van der Waals surface area contributed by atoms with Crippen LogP contribution in [0.4, 0.5) is 24.5 Å². The van der Waals surface area contributed by atoms with E-state index in [1.165, 1.54) is 5.01 Å². The molecule has 14 heteroatoms. The number of ether oxygens (including phenoxy) is 2. The van der Waals surface area contributed by atoms with Crippen molar-refractivity contribution in [2.75, 3.05) is 57.6 Å². The van der Waals surface area contributed by atoms with Gasteiger partial charge in [0.15, 0.2) is 17.5 Å². The van der Waals surface area contributed by atoms with E-state index in [1.807, 2.05) is 25.2 Å². The smallest absolute Gasteiger partial charge is 0.194 e. The Kier molecular flexibility index (Phi) is 11.4. The lowest BCUT2D eigenvalue weighted by molar-refractivity contribution is -0.161. The van der Waals surface area contributed by atoms with Crippen LogP contribution in [0.1, 0.15) is 18.0 Å². The molecule has 0 bridgehead atoms. The lowest BCUT2D eigenvalue weighted by Crippen LogP contribution is -2.56. The van der Waals surface area contributed by atoms with Gasteiger partial charge in [0.25, 0.3) is 0 Å². The number of thioether (sulfide) groups is 1. The van der Waals surface area contributed by atoms with E-state index in [9.17, 15) is 23.4 Å². The molecule has 1 saturated heterocycles. The third-order valence-corrected chi connectivity index (χ3v) is 7.92. The first kappa shape index (κ1) is 31.2. The number of aliphatic hydroxyl groups is 2. The van der Waals surface area contributed by atoms with Crippen molar-refractivity contribution in [3.8, 4) is 0 Å². The second-order valence-electron chi connectivity index (χ2n) is 9.70. The average Bonchev–Trinajstić information content (AvgIpc) is 3.47. The summed E-state index contributed by atoms with van der Waals surface area (Å²) in [6.45, 7) is 5.77. The van der Waals surface area contributed by atoms with Gasteiger partial charge >= 0.3 is 0 Å². The minimum Gasteiger partial charge on any atom is -0.394 e. The van der Waals surface area contributed by atoms with E-state index in [-0.39, 0.29) is 12.1 Å². The molecule has 0 amide bonds. The Bertz CT molecular complexity index is 1190. The Morgan fingerprint density at radius 3 is 2.71 bits per heavy atom. The predicted octanol–water partition coefficient (Wildman–Crippen LogP) is 3.48. The van der Waals surface area contributed by atoms with E-state index in [2.05, 4.69) is 32.7 Å². The number of aliphatic hydroxyl groups excluding tert-OH is 2. The molecule has 2 aromatic rings. The van der Waals surface area contributed by atoms with Crippen molar-refractivity contribution in [2.24, 2.45) is 15.3 Å². The number of likely N-dealkylation sites (N-methyl/N-ethyl adjacent to an activating group) is 1. The molecule has 4 N–H and O–H groups in total. The van der Waals surface area contributed by atoms with Crippen molar-refractivity contribution >= 4 is 29.9 Å². The maximum absolute atomic E-state index is 13.8. The highest BCUT2D eigenvalue weighted by atomic mass is 32.2. The number of nitrogens with one attached hydrogen (secondary N) is 2. The predicted molar refractivity (Wildman–Crippen MR) is 150 cm³/mol. The lowest BCUT2D eigenvalue weighted by Gasteiger charge is -2.41. The highest BCUT2D eigenvalue weighted by Crippen LogP contribution is 2.34. The summed E-state index contributed by atoms with van der Waals surface area (Å²) in [5, 5.41) is 36.9. The first-order valence-electron chi connectivity index (χ1n) is 13.3. The van der Waals surface area contributed by atoms with Gasteiger partial charge in [-0.05, 0) is 56.1 Å². The molecule has 10 nitrogen and oxygen atoms in total. The van der Waals surface area contributed by atoms with Crippen LogP contribution in [0, 0.1) is 17.5 Å². The molecule has 0 radical (unpaired) electrons. The first-order valence-corrected chi connectivity index (χ1v) is 14.3. The zero-order valence-corrected chi connectivity index (χ0v) is 23.5. The molecular weight excluding hydrogens is 561 g/mol. The van der Waals surface area contributed by atoms with Crippen LogP contribution >= 0.6 is 11.8 Å². The molecule has 2 aliphatic rings. The largest absolute Gasteiger partial charge is 0.394 e. The van der Waals surface area contributed by atoms with Gasteiger partial charge in [0.2, 0.25) is 0 Å². The van der Waals surface area contributed by atoms with Crippen LogP contribution in [0.15, 0.2) is 50.6 Å². The zero-order chi connectivity index (χ0) is 29.4. The average molecular weight is 597 g/mol. The fraction of sp³-hybridized carbons (Fsp3) is 0.519. The van der Waals surface area contributed by atoms with Gasteiger partial charge in [-0.1, -0.05) is 5.22 Å². The van der Waals surface area contributed by atoms with Crippen molar-refractivity contribution in [2.45, 2.75) is 41.7 Å². The molecule has 4 rings (SSSR count). The topological polar surface area (TPSA) is 123 Å². The van der Waals surface area contributed by atoms with Gasteiger partial charge in [-0.2, -0.15) is 5.11 Å². The van der Waals surface area contributed by atoms with Crippen molar-refractivity contribution in [1.29, 1.82) is 0 Å². The van der Waals surface area contributed by atoms with Crippen LogP contribution in [-0.4, -0.2) is 98.5 Å². The summed E-state index contributed by atoms with van der Waals surface area (Å²) in [5.74, 6) is -3.40. The van der Waals surface area contributed by atoms with E-state index in [4.69, 9.17) is 9.47 Å². The fourth-order valence-electron chi connectivity index (χ4n) is 4.73. The molecular formula is C27H35F3N6O4S. The standard InChI is InChI=1S/C27H35F3N6O4S/c1-31-5-6-39-7-8-41-25-11-17(3-4-21(25)32-2)33-13-18-12-23(27(38)24(15-37)40-18)36-14-22(34-35-36)16-9-19(28)26(30)20(29)10-16/h3-4,9-11,18,22-24,27,31,33,37-38H,2,5-8,12-15H2,1H3. The molecule has 2 aliphatic heterocycles. The quantitative estimate of drug-likeness (QED) is 0.113. The minimum absolute atomic E-state index is 0.125. The maximum Gasteiger partial charge on any atom is 0.194 e. The van der Waals surface area contributed by atoms with Crippen LogP contribution in [0.2, 0.25) is 0 Å². The molecule has 41 heavy (non-hydrogen) atoms. The molecule has 2 heterocycles. The number of hydrogen-bond acceptors (Lipinski definition) is 11. The molecule has 5 unspecified atom stereocenters. The highest BCUT2D eigenvalue weighted by Gasteiger charge is 2.42. The van der Waals surface area contributed by atoms with Gasteiger partial charge in [-0.3, -0.25) is 10.0 Å². The molecule has 0 aromatic heterocycles. The Morgan fingerprint density at radius 2 is 2.00 bits per heavy atom. The Morgan fingerprint density at radius 1 is 1.22 bits per heavy atom. The van der Waals surface area contributed by atoms with E-state index in [0.29, 0.717) is 26.2 Å². The molecule has 1 fully saturated rings. The molecule has 0 spiro atoms. The lowest BCUT2D eigenvalue weighted by atomic mass is 9.94. The SMILES string of the molecule is C=Nc1ccc(NCC2CC(N3CC(c4cc(F)c(F)c(F)c4)N=N3)C(O)C(CO)O2)cc1SCCOCCNC. The van der Waals surface area contributed by atoms with Crippen LogP contribution in [0.3, 0.4) is 0 Å². The number of hydrogen-bond donors (Lipinski definition) is 4. The summed E-state index contributed by atoms with van der Waals surface area (Å²) in [4.78, 5) is 5.05. The summed E-state index contributed by atoms with van der Waals surface area (Å²) in [6.07, 6.45) is -1.99. The van der Waals surface area contributed by atoms with E-state index >= 15 is 0 Å². The number of rotatable bonds is 14. The summed E-state index contributed by atoms with van der Waals surface area (Å²) in [6, 6.07) is 6.21. The number of anilines is 1. The maximum atomic E-state index is 13.8.